The van der Waals surface area contributed by atoms with Gasteiger partial charge >= 0.3 is 0 Å². The van der Waals surface area contributed by atoms with Gasteiger partial charge in [0, 0.05) is 25.3 Å². The van der Waals surface area contributed by atoms with Gasteiger partial charge in [0.2, 0.25) is 0 Å². The van der Waals surface area contributed by atoms with Gasteiger partial charge in [0.25, 0.3) is 0 Å². The van der Waals surface area contributed by atoms with Gasteiger partial charge in [-0.15, -0.1) is 0 Å². The van der Waals surface area contributed by atoms with Crippen molar-refractivity contribution >= 4 is 0 Å². The smallest absolute Gasteiger partial charge is 0.131 e. The van der Waals surface area contributed by atoms with Crippen molar-refractivity contribution in [1.29, 1.82) is 0 Å². The molecule has 1 heterocycles. The number of benzene rings is 2. The lowest BCUT2D eigenvalue weighted by atomic mass is 9.99. The van der Waals surface area contributed by atoms with E-state index in [0.29, 0.717) is 12.1 Å². The van der Waals surface area contributed by atoms with Crippen LogP contribution in [-0.2, 0) is 11.3 Å². The quantitative estimate of drug-likeness (QED) is 0.892. The summed E-state index contributed by atoms with van der Waals surface area (Å²) in [4.78, 5) is 0. The van der Waals surface area contributed by atoms with Gasteiger partial charge in [0.15, 0.2) is 0 Å². The van der Waals surface area contributed by atoms with Crippen molar-refractivity contribution in [2.45, 2.75) is 32.4 Å². The molecule has 23 heavy (non-hydrogen) atoms. The average Bonchev–Trinajstić information content (AvgIpc) is 3.03. The lowest BCUT2D eigenvalue weighted by molar-refractivity contribution is 0.110. The van der Waals surface area contributed by atoms with Crippen LogP contribution in [0, 0.1) is 18.6 Å². The molecule has 0 aromatic heterocycles. The van der Waals surface area contributed by atoms with E-state index in [4.69, 9.17) is 4.74 Å². The first kappa shape index (κ1) is 16.1. The van der Waals surface area contributed by atoms with Crippen LogP contribution >= 0.6 is 0 Å². The summed E-state index contributed by atoms with van der Waals surface area (Å²) >= 11 is 0. The minimum Gasteiger partial charge on any atom is -0.377 e. The second-order valence-corrected chi connectivity index (χ2v) is 6.00. The van der Waals surface area contributed by atoms with Crippen LogP contribution in [-0.4, -0.2) is 19.3 Å². The summed E-state index contributed by atoms with van der Waals surface area (Å²) in [6.45, 7) is 3.51. The molecule has 1 saturated heterocycles. The zero-order valence-electron chi connectivity index (χ0n) is 13.2. The molecule has 2 nitrogen and oxygen atoms in total. The molecule has 0 radical (unpaired) electrons. The van der Waals surface area contributed by atoms with Crippen molar-refractivity contribution in [2.24, 2.45) is 0 Å². The lowest BCUT2D eigenvalue weighted by Gasteiger charge is -2.13. The van der Waals surface area contributed by atoms with Crippen LogP contribution in [0.4, 0.5) is 8.78 Å². The van der Waals surface area contributed by atoms with Crippen molar-refractivity contribution in [3.63, 3.8) is 0 Å². The summed E-state index contributed by atoms with van der Waals surface area (Å²) in [6, 6.07) is 10.4. The molecule has 122 valence electrons. The van der Waals surface area contributed by atoms with Crippen molar-refractivity contribution in [2.75, 3.05) is 13.2 Å². The first-order valence-corrected chi connectivity index (χ1v) is 8.01. The molecule has 1 fully saturated rings. The van der Waals surface area contributed by atoms with E-state index in [9.17, 15) is 8.78 Å². The predicted octanol–water partition coefficient (Wildman–Crippen LogP) is 4.21. The number of hydrogen-bond donors (Lipinski definition) is 1. The number of nitrogens with one attached hydrogen (secondary N) is 1. The molecule has 3 rings (SSSR count). The minimum atomic E-state index is -0.511. The molecule has 2 aromatic carbocycles. The van der Waals surface area contributed by atoms with Gasteiger partial charge < -0.3 is 10.1 Å². The zero-order chi connectivity index (χ0) is 16.2. The van der Waals surface area contributed by atoms with Crippen molar-refractivity contribution in [3.8, 4) is 11.1 Å². The fourth-order valence-corrected chi connectivity index (χ4v) is 2.99. The van der Waals surface area contributed by atoms with Crippen LogP contribution in [0.5, 0.6) is 0 Å². The molecular weight excluding hydrogens is 296 g/mol. The van der Waals surface area contributed by atoms with E-state index in [0.717, 1.165) is 30.6 Å². The Bertz CT molecular complexity index is 658. The predicted molar refractivity (Wildman–Crippen MR) is 87.2 cm³/mol. The average molecular weight is 317 g/mol. The van der Waals surface area contributed by atoms with Crippen LogP contribution in [0.3, 0.4) is 0 Å². The standard InChI is InChI=1S/C19H21F2NO/c1-13-5-2-3-7-16(13)14-9-18(20)17(19(21)10-14)12-22-11-15-6-4-8-23-15/h2-3,5,7,9-10,15,22H,4,6,8,11-12H2,1H3/t15-/m0/s1. The third-order valence-corrected chi connectivity index (χ3v) is 4.29. The van der Waals surface area contributed by atoms with Gasteiger partial charge in [0.05, 0.1) is 6.10 Å². The van der Waals surface area contributed by atoms with Crippen LogP contribution in [0.2, 0.25) is 0 Å². The van der Waals surface area contributed by atoms with E-state index in [1.54, 1.807) is 0 Å². The van der Waals surface area contributed by atoms with Gasteiger partial charge in [-0.2, -0.15) is 0 Å². The molecule has 1 N–H and O–H groups in total. The second-order valence-electron chi connectivity index (χ2n) is 6.00. The van der Waals surface area contributed by atoms with Gasteiger partial charge in [-0.3, -0.25) is 0 Å². The zero-order valence-corrected chi connectivity index (χ0v) is 13.2. The Hall–Kier alpha value is -1.78. The maximum Gasteiger partial charge on any atom is 0.131 e. The lowest BCUT2D eigenvalue weighted by Crippen LogP contribution is -2.26. The van der Waals surface area contributed by atoms with Crippen LogP contribution in [0.25, 0.3) is 11.1 Å². The van der Waals surface area contributed by atoms with Crippen molar-refractivity contribution in [1.82, 2.24) is 5.32 Å². The van der Waals surface area contributed by atoms with Crippen LogP contribution in [0.15, 0.2) is 36.4 Å². The van der Waals surface area contributed by atoms with Gasteiger partial charge in [-0.1, -0.05) is 24.3 Å². The Morgan fingerprint density at radius 1 is 1.17 bits per heavy atom. The van der Waals surface area contributed by atoms with E-state index in [1.165, 1.54) is 12.1 Å². The Labute approximate surface area is 135 Å². The van der Waals surface area contributed by atoms with E-state index >= 15 is 0 Å². The largest absolute Gasteiger partial charge is 0.377 e. The summed E-state index contributed by atoms with van der Waals surface area (Å²) in [5.74, 6) is -1.02. The highest BCUT2D eigenvalue weighted by Crippen LogP contribution is 2.27. The fraction of sp³-hybridized carbons (Fsp3) is 0.368. The number of halogens is 2. The number of rotatable bonds is 5. The summed E-state index contributed by atoms with van der Waals surface area (Å²) in [5, 5.41) is 3.09. The Morgan fingerprint density at radius 2 is 1.91 bits per heavy atom. The SMILES string of the molecule is Cc1ccccc1-c1cc(F)c(CNC[C@@H]2CCCO2)c(F)c1. The second kappa shape index (κ2) is 7.20. The fourth-order valence-electron chi connectivity index (χ4n) is 2.99. The maximum atomic E-state index is 14.3. The van der Waals surface area contributed by atoms with E-state index in [-0.39, 0.29) is 18.2 Å². The van der Waals surface area contributed by atoms with E-state index in [2.05, 4.69) is 5.32 Å². The molecule has 0 spiro atoms. The molecule has 1 aliphatic rings. The van der Waals surface area contributed by atoms with E-state index in [1.807, 2.05) is 31.2 Å². The molecule has 4 heteroatoms. The molecule has 1 atom stereocenters. The highest BCUT2D eigenvalue weighted by Gasteiger charge is 2.16. The Kier molecular flexibility index (Phi) is 5.03. The van der Waals surface area contributed by atoms with Gasteiger partial charge in [-0.05, 0) is 48.6 Å². The molecule has 1 aliphatic heterocycles. The van der Waals surface area contributed by atoms with Crippen LogP contribution in [0.1, 0.15) is 24.0 Å². The molecule has 0 unspecified atom stereocenters. The Morgan fingerprint density at radius 3 is 2.57 bits per heavy atom. The third-order valence-electron chi connectivity index (χ3n) is 4.29. The first-order chi connectivity index (χ1) is 11.1. The molecular formula is C19H21F2NO. The first-order valence-electron chi connectivity index (χ1n) is 8.01. The molecule has 0 aliphatic carbocycles. The highest BCUT2D eigenvalue weighted by atomic mass is 19.1. The van der Waals surface area contributed by atoms with Crippen molar-refractivity contribution < 1.29 is 13.5 Å². The number of ether oxygens (including phenoxy) is 1. The maximum absolute atomic E-state index is 14.3. The summed E-state index contributed by atoms with van der Waals surface area (Å²) in [5.41, 5.74) is 2.50. The van der Waals surface area contributed by atoms with Gasteiger partial charge in [0.1, 0.15) is 11.6 Å². The topological polar surface area (TPSA) is 21.3 Å². The monoisotopic (exact) mass is 317 g/mol. The molecule has 0 amide bonds. The molecule has 2 aromatic rings. The van der Waals surface area contributed by atoms with Gasteiger partial charge in [-0.25, -0.2) is 8.78 Å². The van der Waals surface area contributed by atoms with Crippen molar-refractivity contribution in [3.05, 3.63) is 59.2 Å². The summed E-state index contributed by atoms with van der Waals surface area (Å²) < 4.78 is 34.1. The van der Waals surface area contributed by atoms with Crippen LogP contribution < -0.4 is 5.32 Å². The number of aryl methyl sites for hydroxylation is 1. The normalized spacial score (nSPS) is 17.6. The summed E-state index contributed by atoms with van der Waals surface area (Å²) in [7, 11) is 0. The number of hydrogen-bond acceptors (Lipinski definition) is 2. The Balaban J connectivity index is 1.73. The summed E-state index contributed by atoms with van der Waals surface area (Å²) in [6.07, 6.45) is 2.22. The highest BCUT2D eigenvalue weighted by molar-refractivity contribution is 5.67. The molecule has 0 saturated carbocycles. The van der Waals surface area contributed by atoms with E-state index < -0.39 is 11.6 Å². The molecule has 0 bridgehead atoms. The third kappa shape index (κ3) is 3.77. The minimum absolute atomic E-state index is 0.0836.